The van der Waals surface area contributed by atoms with Gasteiger partial charge in [0, 0.05) is 0 Å². The molecule has 1 heterocycles. The average Bonchev–Trinajstić information content (AvgIpc) is 2.49. The molecule has 0 saturated carbocycles. The van der Waals surface area contributed by atoms with Gasteiger partial charge in [-0.2, -0.15) is 13.2 Å². The fourth-order valence-electron chi connectivity index (χ4n) is 0.705. The number of aromatic carboxylic acids is 1. The van der Waals surface area contributed by atoms with E-state index in [1.54, 1.807) is 0 Å². The van der Waals surface area contributed by atoms with Gasteiger partial charge in [0.05, 0.1) is 12.6 Å². The average molecular weight is 225 g/mol. The molecular weight excluding hydrogens is 219 g/mol. The van der Waals surface area contributed by atoms with Gasteiger partial charge in [-0.3, -0.25) is 0 Å². The summed E-state index contributed by atoms with van der Waals surface area (Å²) >= 11 is 0. The van der Waals surface area contributed by atoms with Crippen molar-refractivity contribution in [3.8, 4) is 0 Å². The van der Waals surface area contributed by atoms with Gasteiger partial charge in [0.1, 0.15) is 6.61 Å². The number of rotatable bonds is 4. The highest BCUT2D eigenvalue weighted by Gasteiger charge is 2.27. The highest BCUT2D eigenvalue weighted by atomic mass is 19.4. The summed E-state index contributed by atoms with van der Waals surface area (Å²) in [5.74, 6) is -1.38. The second kappa shape index (κ2) is 4.15. The van der Waals surface area contributed by atoms with Crippen LogP contribution in [0.25, 0.3) is 0 Å². The molecule has 84 valence electrons. The summed E-state index contributed by atoms with van der Waals surface area (Å²) in [4.78, 5) is 15.3. The summed E-state index contributed by atoms with van der Waals surface area (Å²) in [5, 5.41) is 14.8. The van der Waals surface area contributed by atoms with Crippen molar-refractivity contribution >= 4 is 5.97 Å². The molecule has 0 radical (unpaired) electrons. The Labute approximate surface area is 81.2 Å². The van der Waals surface area contributed by atoms with E-state index in [1.807, 2.05) is 0 Å². The maximum absolute atomic E-state index is 11.7. The molecule has 0 spiro atoms. The molecule has 0 fully saturated rings. The number of alkyl halides is 3. The minimum atomic E-state index is -4.36. The van der Waals surface area contributed by atoms with Crippen molar-refractivity contribution in [3.63, 3.8) is 0 Å². The van der Waals surface area contributed by atoms with Gasteiger partial charge >= 0.3 is 12.1 Å². The highest BCUT2D eigenvalue weighted by molar-refractivity contribution is 5.84. The maximum atomic E-state index is 11.7. The molecule has 9 heteroatoms. The molecule has 0 atom stereocenters. The van der Waals surface area contributed by atoms with E-state index in [2.05, 4.69) is 15.1 Å². The third-order valence-corrected chi connectivity index (χ3v) is 1.34. The van der Waals surface area contributed by atoms with E-state index in [0.29, 0.717) is 4.85 Å². The third kappa shape index (κ3) is 3.44. The third-order valence-electron chi connectivity index (χ3n) is 1.34. The van der Waals surface area contributed by atoms with Crippen LogP contribution in [0.4, 0.5) is 13.2 Å². The van der Waals surface area contributed by atoms with E-state index >= 15 is 0 Å². The number of nitrogens with zero attached hydrogens (tertiary/aromatic N) is 3. The Morgan fingerprint density at radius 2 is 2.27 bits per heavy atom. The minimum Gasteiger partial charge on any atom is -0.476 e. The summed E-state index contributed by atoms with van der Waals surface area (Å²) in [7, 11) is 0. The first-order chi connectivity index (χ1) is 6.90. The van der Waals surface area contributed by atoms with Gasteiger partial charge in [-0.1, -0.05) is 4.85 Å². The van der Waals surface area contributed by atoms with Crippen LogP contribution in [0.2, 0.25) is 0 Å². The Morgan fingerprint density at radius 1 is 1.60 bits per heavy atom. The van der Waals surface area contributed by atoms with Gasteiger partial charge in [-0.25, -0.2) is 4.79 Å². The first kappa shape index (κ1) is 11.3. The zero-order valence-corrected chi connectivity index (χ0v) is 7.23. The van der Waals surface area contributed by atoms with E-state index in [4.69, 9.17) is 5.11 Å². The van der Waals surface area contributed by atoms with E-state index in [0.717, 1.165) is 6.20 Å². The van der Waals surface area contributed by atoms with Crippen molar-refractivity contribution in [1.29, 1.82) is 0 Å². The molecule has 0 amide bonds. The molecule has 1 aromatic rings. The van der Waals surface area contributed by atoms with Crippen molar-refractivity contribution in [2.45, 2.75) is 12.6 Å². The second-order valence-electron chi connectivity index (χ2n) is 2.50. The number of aromatic nitrogens is 3. The molecular formula is C6H6F3N3O3. The van der Waals surface area contributed by atoms with E-state index in [1.165, 1.54) is 0 Å². The Kier molecular flexibility index (Phi) is 3.12. The topological polar surface area (TPSA) is 77.2 Å². The second-order valence-corrected chi connectivity index (χ2v) is 2.50. The van der Waals surface area contributed by atoms with Crippen LogP contribution in [0.1, 0.15) is 16.9 Å². The van der Waals surface area contributed by atoms with E-state index in [-0.39, 0.29) is 0 Å². The molecule has 0 aliphatic heterocycles. The largest absolute Gasteiger partial charge is 0.476 e. The number of halogens is 3. The van der Waals surface area contributed by atoms with Gasteiger partial charge in [0.25, 0.3) is 0 Å². The zero-order chi connectivity index (χ0) is 11.5. The van der Waals surface area contributed by atoms with Crippen LogP contribution in [-0.4, -0.2) is 39.0 Å². The van der Waals surface area contributed by atoms with Gasteiger partial charge in [0.2, 0.25) is 5.69 Å². The molecule has 0 aromatic carbocycles. The summed E-state index contributed by atoms with van der Waals surface area (Å²) in [6.45, 7) is -0.715. The van der Waals surface area contributed by atoms with Crippen LogP contribution >= 0.6 is 0 Å². The maximum Gasteiger partial charge on any atom is 0.392 e. The number of carboxylic acids is 1. The first-order valence-corrected chi connectivity index (χ1v) is 3.74. The van der Waals surface area contributed by atoms with E-state index < -0.39 is 30.9 Å². The fraction of sp³-hybridized carbons (Fsp3) is 0.500. The standard InChI is InChI=1S/C6H6F3N3O3/c7-6(8,9)1-2-15-12-4(5(13)14)3-10-11-12/h3H,1-2H2,(H,13,14). The molecule has 1 rings (SSSR count). The zero-order valence-electron chi connectivity index (χ0n) is 7.23. The summed E-state index contributed by atoms with van der Waals surface area (Å²) in [5.41, 5.74) is -0.433. The fourth-order valence-corrected chi connectivity index (χ4v) is 0.705. The Hall–Kier alpha value is -1.80. The molecule has 0 aliphatic carbocycles. The lowest BCUT2D eigenvalue weighted by Gasteiger charge is -2.07. The predicted octanol–water partition coefficient (Wildman–Crippen LogP) is 0.357. The molecule has 15 heavy (non-hydrogen) atoms. The summed E-state index contributed by atoms with van der Waals surface area (Å²) in [6, 6.07) is 0. The molecule has 0 bridgehead atoms. The number of carboxylic acid groups (broad SMARTS) is 1. The van der Waals surface area contributed by atoms with Crippen molar-refractivity contribution in [1.82, 2.24) is 15.2 Å². The Morgan fingerprint density at radius 3 is 2.80 bits per heavy atom. The molecule has 0 aliphatic rings. The SMILES string of the molecule is O=C(O)c1cnnn1OCCC(F)(F)F. The van der Waals surface area contributed by atoms with Gasteiger partial charge in [-0.05, 0) is 5.21 Å². The minimum absolute atomic E-state index is 0.433. The van der Waals surface area contributed by atoms with Crippen LogP contribution in [0.15, 0.2) is 6.20 Å². The van der Waals surface area contributed by atoms with Crippen molar-refractivity contribution in [3.05, 3.63) is 11.9 Å². The highest BCUT2D eigenvalue weighted by Crippen LogP contribution is 2.18. The Balaban J connectivity index is 2.51. The van der Waals surface area contributed by atoms with Crippen molar-refractivity contribution < 1.29 is 27.9 Å². The monoisotopic (exact) mass is 225 g/mol. The normalized spacial score (nSPS) is 11.4. The first-order valence-electron chi connectivity index (χ1n) is 3.74. The molecule has 0 unspecified atom stereocenters. The smallest absolute Gasteiger partial charge is 0.392 e. The van der Waals surface area contributed by atoms with Crippen LogP contribution in [0, 0.1) is 0 Å². The van der Waals surface area contributed by atoms with Crippen molar-refractivity contribution in [2.75, 3.05) is 6.61 Å². The Bertz CT molecular complexity index is 349. The van der Waals surface area contributed by atoms with Crippen LogP contribution in [0.5, 0.6) is 0 Å². The quantitative estimate of drug-likeness (QED) is 0.800. The van der Waals surface area contributed by atoms with Gasteiger partial charge < -0.3 is 9.94 Å². The van der Waals surface area contributed by atoms with Crippen LogP contribution in [0.3, 0.4) is 0 Å². The molecule has 1 aromatic heterocycles. The van der Waals surface area contributed by atoms with Gasteiger partial charge in [-0.15, -0.1) is 5.10 Å². The molecule has 6 nitrogen and oxygen atoms in total. The van der Waals surface area contributed by atoms with Crippen LogP contribution in [-0.2, 0) is 0 Å². The summed E-state index contributed by atoms with van der Waals surface area (Å²) < 4.78 is 35.1. The van der Waals surface area contributed by atoms with E-state index in [9.17, 15) is 18.0 Å². The lowest BCUT2D eigenvalue weighted by atomic mass is 10.4. The van der Waals surface area contributed by atoms with Crippen molar-refractivity contribution in [2.24, 2.45) is 0 Å². The lowest BCUT2D eigenvalue weighted by Crippen LogP contribution is -2.23. The van der Waals surface area contributed by atoms with Gasteiger partial charge in [0.15, 0.2) is 0 Å². The number of hydrogen-bond donors (Lipinski definition) is 1. The summed E-state index contributed by atoms with van der Waals surface area (Å²) in [6.07, 6.45) is -4.67. The molecule has 0 saturated heterocycles. The molecule has 1 N–H and O–H groups in total. The predicted molar refractivity (Wildman–Crippen MR) is 39.1 cm³/mol. The lowest BCUT2D eigenvalue weighted by molar-refractivity contribution is -0.146. The number of carbonyl (C=O) groups is 1. The number of hydrogen-bond acceptors (Lipinski definition) is 4. The van der Waals surface area contributed by atoms with Crippen LogP contribution < -0.4 is 4.84 Å².